The quantitative estimate of drug-likeness (QED) is 0.584. The van der Waals surface area contributed by atoms with E-state index in [0.717, 1.165) is 5.69 Å². The zero-order valence-electron chi connectivity index (χ0n) is 9.26. The zero-order valence-corrected chi connectivity index (χ0v) is 9.26. The van der Waals surface area contributed by atoms with Gasteiger partial charge in [0.15, 0.2) is 0 Å². The van der Waals surface area contributed by atoms with E-state index >= 15 is 0 Å². The van der Waals surface area contributed by atoms with Gasteiger partial charge in [0.1, 0.15) is 0 Å². The average Bonchev–Trinajstić information content (AvgIpc) is 2.40. The summed E-state index contributed by atoms with van der Waals surface area (Å²) in [6.07, 6.45) is 3.18. The average molecular weight is 170 g/mol. The molecule has 12 heavy (non-hydrogen) atoms. The van der Waals surface area contributed by atoms with Crippen molar-refractivity contribution in [3.63, 3.8) is 0 Å². The molecule has 0 N–H and O–H groups in total. The lowest BCUT2D eigenvalue weighted by molar-refractivity contribution is 0.756. The number of hydrogen-bond donors (Lipinski definition) is 0. The molecule has 0 aliphatic rings. The highest BCUT2D eigenvalue weighted by molar-refractivity contribution is 4.93. The normalized spacial score (nSPS) is 7.50. The molecular formula is C10H22N2. The van der Waals surface area contributed by atoms with E-state index in [0.29, 0.717) is 0 Å². The summed E-state index contributed by atoms with van der Waals surface area (Å²) in [4.78, 5) is 0. The molecular weight excluding hydrogens is 148 g/mol. The Labute approximate surface area is 76.6 Å². The third-order valence-electron chi connectivity index (χ3n) is 0.847. The van der Waals surface area contributed by atoms with Crippen LogP contribution in [0.15, 0.2) is 12.3 Å². The molecule has 0 saturated heterocycles. The van der Waals surface area contributed by atoms with Crippen LogP contribution in [0.1, 0.15) is 39.8 Å². The molecule has 72 valence electrons. The van der Waals surface area contributed by atoms with Crippen molar-refractivity contribution >= 4 is 0 Å². The largest absolute Gasteiger partial charge is 0.276 e. The lowest BCUT2D eigenvalue weighted by atomic mass is 10.5. The van der Waals surface area contributed by atoms with Gasteiger partial charge >= 0.3 is 0 Å². The standard InChI is InChI=1S/C5H8N2.C3H8.C2H6/c1-5-3-4-7(2)6-5;1-3-2;1-2/h3-4H,1-2H3;3H2,1-2H3;1-2H3. The number of aryl methyl sites for hydroxylation is 2. The molecule has 0 aliphatic heterocycles. The van der Waals surface area contributed by atoms with Gasteiger partial charge in [0.05, 0.1) is 5.69 Å². The Morgan fingerprint density at radius 2 is 1.75 bits per heavy atom. The summed E-state index contributed by atoms with van der Waals surface area (Å²) < 4.78 is 1.79. The Bertz CT molecular complexity index is 152. The summed E-state index contributed by atoms with van der Waals surface area (Å²) in [5.41, 5.74) is 1.07. The maximum Gasteiger partial charge on any atom is 0.0593 e. The fraction of sp³-hybridized carbons (Fsp3) is 0.700. The van der Waals surface area contributed by atoms with Crippen LogP contribution in [0, 0.1) is 6.92 Å². The third-order valence-corrected chi connectivity index (χ3v) is 0.847. The molecule has 0 aliphatic carbocycles. The van der Waals surface area contributed by atoms with Crippen molar-refractivity contribution in [1.82, 2.24) is 9.78 Å². The first-order chi connectivity index (χ1) is 5.70. The first kappa shape index (κ1) is 13.8. The van der Waals surface area contributed by atoms with Crippen LogP contribution in [0.2, 0.25) is 0 Å². The molecule has 0 unspecified atom stereocenters. The van der Waals surface area contributed by atoms with E-state index in [1.54, 1.807) is 4.68 Å². The first-order valence-electron chi connectivity index (χ1n) is 4.67. The Hall–Kier alpha value is -0.790. The van der Waals surface area contributed by atoms with Gasteiger partial charge in [0, 0.05) is 13.2 Å². The molecule has 1 aromatic heterocycles. The van der Waals surface area contributed by atoms with E-state index in [1.807, 2.05) is 40.1 Å². The summed E-state index contributed by atoms with van der Waals surface area (Å²) >= 11 is 0. The number of aromatic nitrogens is 2. The third kappa shape index (κ3) is 9.21. The van der Waals surface area contributed by atoms with Crippen molar-refractivity contribution in [2.24, 2.45) is 7.05 Å². The number of rotatable bonds is 0. The molecule has 0 radical (unpaired) electrons. The molecule has 2 heteroatoms. The van der Waals surface area contributed by atoms with Crippen molar-refractivity contribution in [3.8, 4) is 0 Å². The molecule has 0 spiro atoms. The highest BCUT2D eigenvalue weighted by atomic mass is 15.2. The van der Waals surface area contributed by atoms with Gasteiger partial charge in [-0.25, -0.2) is 0 Å². The molecule has 1 rings (SSSR count). The van der Waals surface area contributed by atoms with Gasteiger partial charge in [-0.2, -0.15) is 5.10 Å². The Balaban J connectivity index is 0. The first-order valence-corrected chi connectivity index (χ1v) is 4.67. The van der Waals surface area contributed by atoms with Crippen molar-refractivity contribution in [3.05, 3.63) is 18.0 Å². The van der Waals surface area contributed by atoms with E-state index in [4.69, 9.17) is 0 Å². The van der Waals surface area contributed by atoms with Gasteiger partial charge in [-0.3, -0.25) is 4.68 Å². The molecule has 0 aromatic carbocycles. The number of hydrogen-bond acceptors (Lipinski definition) is 1. The molecule has 0 atom stereocenters. The van der Waals surface area contributed by atoms with Gasteiger partial charge in [-0.05, 0) is 13.0 Å². The highest BCUT2D eigenvalue weighted by Crippen LogP contribution is 1.86. The van der Waals surface area contributed by atoms with Crippen LogP contribution < -0.4 is 0 Å². The Kier molecular flexibility index (Phi) is 11.7. The topological polar surface area (TPSA) is 17.8 Å². The fourth-order valence-corrected chi connectivity index (χ4v) is 0.531. The highest BCUT2D eigenvalue weighted by Gasteiger charge is 1.81. The maximum atomic E-state index is 4.03. The molecule has 0 amide bonds. The minimum atomic E-state index is 1.07. The fourth-order valence-electron chi connectivity index (χ4n) is 0.531. The SMILES string of the molecule is CC.CCC.Cc1ccn(C)n1. The minimum Gasteiger partial charge on any atom is -0.276 e. The van der Waals surface area contributed by atoms with Gasteiger partial charge < -0.3 is 0 Å². The lowest BCUT2D eigenvalue weighted by Crippen LogP contribution is -1.86. The van der Waals surface area contributed by atoms with Gasteiger partial charge in [0.2, 0.25) is 0 Å². The molecule has 0 fully saturated rings. The molecule has 0 saturated carbocycles. The van der Waals surface area contributed by atoms with E-state index in [2.05, 4.69) is 18.9 Å². The van der Waals surface area contributed by atoms with Crippen molar-refractivity contribution in [1.29, 1.82) is 0 Å². The van der Waals surface area contributed by atoms with Crippen LogP contribution in [0.5, 0.6) is 0 Å². The van der Waals surface area contributed by atoms with Crippen LogP contribution >= 0.6 is 0 Å². The van der Waals surface area contributed by atoms with Crippen molar-refractivity contribution in [2.75, 3.05) is 0 Å². The summed E-state index contributed by atoms with van der Waals surface area (Å²) in [5.74, 6) is 0. The van der Waals surface area contributed by atoms with E-state index in [-0.39, 0.29) is 0 Å². The summed E-state index contributed by atoms with van der Waals surface area (Å²) in [7, 11) is 1.91. The molecule has 1 aromatic rings. The minimum absolute atomic E-state index is 1.07. The molecule has 2 nitrogen and oxygen atoms in total. The summed E-state index contributed by atoms with van der Waals surface area (Å²) in [6, 6.07) is 1.97. The van der Waals surface area contributed by atoms with E-state index in [9.17, 15) is 0 Å². The second-order valence-electron chi connectivity index (χ2n) is 2.34. The Morgan fingerprint density at radius 1 is 1.33 bits per heavy atom. The zero-order chi connectivity index (χ0) is 9.98. The number of nitrogens with zero attached hydrogens (tertiary/aromatic N) is 2. The van der Waals surface area contributed by atoms with Crippen LogP contribution in [-0.4, -0.2) is 9.78 Å². The maximum absolute atomic E-state index is 4.03. The van der Waals surface area contributed by atoms with E-state index in [1.165, 1.54) is 6.42 Å². The van der Waals surface area contributed by atoms with Crippen molar-refractivity contribution in [2.45, 2.75) is 41.0 Å². The van der Waals surface area contributed by atoms with Crippen LogP contribution in [-0.2, 0) is 7.05 Å². The van der Waals surface area contributed by atoms with Gasteiger partial charge in [-0.15, -0.1) is 0 Å². The van der Waals surface area contributed by atoms with E-state index < -0.39 is 0 Å². The lowest BCUT2D eigenvalue weighted by Gasteiger charge is -1.79. The van der Waals surface area contributed by atoms with Gasteiger partial charge in [-0.1, -0.05) is 34.1 Å². The summed E-state index contributed by atoms with van der Waals surface area (Å²) in [6.45, 7) is 10.2. The van der Waals surface area contributed by atoms with Crippen LogP contribution in [0.25, 0.3) is 0 Å². The monoisotopic (exact) mass is 170 g/mol. The second kappa shape index (κ2) is 10.2. The predicted molar refractivity (Wildman–Crippen MR) is 55.3 cm³/mol. The smallest absolute Gasteiger partial charge is 0.0593 e. The predicted octanol–water partition coefficient (Wildman–Crippen LogP) is 3.17. The summed E-state index contributed by atoms with van der Waals surface area (Å²) in [5, 5.41) is 4.03. The molecule has 0 bridgehead atoms. The second-order valence-corrected chi connectivity index (χ2v) is 2.34. The van der Waals surface area contributed by atoms with Crippen LogP contribution in [0.4, 0.5) is 0 Å². The van der Waals surface area contributed by atoms with Gasteiger partial charge in [0.25, 0.3) is 0 Å². The van der Waals surface area contributed by atoms with Crippen molar-refractivity contribution < 1.29 is 0 Å². The van der Waals surface area contributed by atoms with Crippen LogP contribution in [0.3, 0.4) is 0 Å². The Morgan fingerprint density at radius 3 is 1.83 bits per heavy atom. The molecule has 1 heterocycles.